The Morgan fingerprint density at radius 2 is 2.19 bits per heavy atom. The van der Waals surface area contributed by atoms with Crippen molar-refractivity contribution in [1.29, 1.82) is 0 Å². The van der Waals surface area contributed by atoms with Crippen LogP contribution in [-0.2, 0) is 4.74 Å². The molecule has 0 atom stereocenters. The largest absolute Gasteiger partial charge is 0.492 e. The van der Waals surface area contributed by atoms with Crippen LogP contribution < -0.4 is 4.74 Å². The summed E-state index contributed by atoms with van der Waals surface area (Å²) < 4.78 is 10.7. The summed E-state index contributed by atoms with van der Waals surface area (Å²) in [6, 6.07) is 3.43. The van der Waals surface area contributed by atoms with E-state index in [1.807, 2.05) is 6.92 Å². The minimum absolute atomic E-state index is 0.273. The summed E-state index contributed by atoms with van der Waals surface area (Å²) in [6.45, 7) is 2.55. The molecule has 0 aliphatic carbocycles. The van der Waals surface area contributed by atoms with Crippen LogP contribution in [0.3, 0.4) is 0 Å². The Bertz CT molecular complexity index is 393. The summed E-state index contributed by atoms with van der Waals surface area (Å²) in [5, 5.41) is 0.273. The van der Waals surface area contributed by atoms with Gasteiger partial charge in [0.2, 0.25) is 0 Å². The third-order valence-corrected chi connectivity index (χ3v) is 2.94. The molecule has 0 saturated heterocycles. The number of carbonyl (C=O) groups excluding carboxylic acids is 1. The van der Waals surface area contributed by atoms with E-state index < -0.39 is 5.97 Å². The summed E-state index contributed by atoms with van der Waals surface area (Å²) in [5.41, 5.74) is 0.290. The summed E-state index contributed by atoms with van der Waals surface area (Å²) in [5.74, 6) is 0.00550. The molecule has 0 spiro atoms. The van der Waals surface area contributed by atoms with Crippen molar-refractivity contribution >= 4 is 33.5 Å². The molecule has 16 heavy (non-hydrogen) atoms. The second kappa shape index (κ2) is 6.11. The normalized spacial score (nSPS) is 10.0. The summed E-state index contributed by atoms with van der Waals surface area (Å²) in [7, 11) is 1.31. The lowest BCUT2D eigenvalue weighted by molar-refractivity contribution is 0.0599. The van der Waals surface area contributed by atoms with Gasteiger partial charge in [-0.25, -0.2) is 4.79 Å². The first-order valence-corrected chi connectivity index (χ1v) is 5.98. The lowest BCUT2D eigenvalue weighted by atomic mass is 10.2. The van der Waals surface area contributed by atoms with Gasteiger partial charge in [0.25, 0.3) is 0 Å². The molecule has 0 unspecified atom stereocenters. The first-order valence-electron chi connectivity index (χ1n) is 4.81. The molecular weight excluding hydrogens is 295 g/mol. The number of halogens is 2. The van der Waals surface area contributed by atoms with Gasteiger partial charge in [-0.15, -0.1) is 0 Å². The second-order valence-electron chi connectivity index (χ2n) is 3.07. The fourth-order valence-corrected chi connectivity index (χ4v) is 2.05. The Hall–Kier alpha value is -0.740. The predicted octanol–water partition coefficient (Wildman–Crippen LogP) is 3.68. The highest BCUT2D eigenvalue weighted by Crippen LogP contribution is 2.34. The number of hydrogen-bond acceptors (Lipinski definition) is 3. The third kappa shape index (κ3) is 2.89. The fraction of sp³-hybridized carbons (Fsp3) is 0.364. The monoisotopic (exact) mass is 306 g/mol. The smallest absolute Gasteiger partial charge is 0.340 e. The van der Waals surface area contributed by atoms with E-state index in [0.717, 1.165) is 6.42 Å². The van der Waals surface area contributed by atoms with Crippen LogP contribution >= 0.6 is 27.5 Å². The Morgan fingerprint density at radius 1 is 1.50 bits per heavy atom. The van der Waals surface area contributed by atoms with Gasteiger partial charge in [0.05, 0.1) is 24.3 Å². The molecule has 0 aliphatic rings. The van der Waals surface area contributed by atoms with Crippen LogP contribution in [0.5, 0.6) is 5.75 Å². The van der Waals surface area contributed by atoms with Gasteiger partial charge in [-0.3, -0.25) is 0 Å². The molecule has 5 heteroatoms. The van der Waals surface area contributed by atoms with Crippen LogP contribution in [0.25, 0.3) is 0 Å². The molecule has 0 fully saturated rings. The van der Waals surface area contributed by atoms with E-state index >= 15 is 0 Å². The third-order valence-electron chi connectivity index (χ3n) is 1.91. The van der Waals surface area contributed by atoms with Crippen LogP contribution in [0, 0.1) is 0 Å². The van der Waals surface area contributed by atoms with Gasteiger partial charge in [0.15, 0.2) is 0 Å². The van der Waals surface area contributed by atoms with Crippen LogP contribution in [0.1, 0.15) is 23.7 Å². The molecule has 3 nitrogen and oxygen atoms in total. The zero-order valence-corrected chi connectivity index (χ0v) is 11.4. The molecule has 0 N–H and O–H groups in total. The second-order valence-corrected chi connectivity index (χ2v) is 4.31. The molecule has 0 saturated carbocycles. The summed E-state index contributed by atoms with van der Waals surface area (Å²) >= 11 is 9.32. The van der Waals surface area contributed by atoms with Gasteiger partial charge in [0, 0.05) is 4.47 Å². The van der Waals surface area contributed by atoms with Gasteiger partial charge in [-0.2, -0.15) is 0 Å². The number of carbonyl (C=O) groups is 1. The van der Waals surface area contributed by atoms with Gasteiger partial charge in [-0.1, -0.05) is 18.5 Å². The predicted molar refractivity (Wildman–Crippen MR) is 66.3 cm³/mol. The molecule has 0 aromatic heterocycles. The van der Waals surface area contributed by atoms with Crippen LogP contribution in [0.15, 0.2) is 16.6 Å². The standard InChI is InChI=1S/C11H12BrClO3/c1-3-6-16-8-5-4-7(12)9(10(8)13)11(14)15-2/h4-5H,3,6H2,1-2H3. The molecule has 88 valence electrons. The van der Waals surface area contributed by atoms with E-state index in [0.29, 0.717) is 16.8 Å². The van der Waals surface area contributed by atoms with E-state index in [2.05, 4.69) is 20.7 Å². The molecule has 1 rings (SSSR count). The maximum Gasteiger partial charge on any atom is 0.340 e. The lowest BCUT2D eigenvalue weighted by Crippen LogP contribution is -2.05. The number of benzene rings is 1. The molecule has 0 radical (unpaired) electrons. The van der Waals surface area contributed by atoms with Crippen LogP contribution in [-0.4, -0.2) is 19.7 Å². The number of esters is 1. The topological polar surface area (TPSA) is 35.5 Å². The first-order chi connectivity index (χ1) is 7.61. The molecule has 0 heterocycles. The van der Waals surface area contributed by atoms with E-state index in [9.17, 15) is 4.79 Å². The Labute approximate surface area is 108 Å². The molecule has 0 bridgehead atoms. The zero-order valence-electron chi connectivity index (χ0n) is 9.05. The van der Waals surface area contributed by atoms with Crippen molar-refractivity contribution in [2.45, 2.75) is 13.3 Å². The maximum atomic E-state index is 11.5. The molecule has 0 amide bonds. The lowest BCUT2D eigenvalue weighted by Gasteiger charge is -2.11. The van der Waals surface area contributed by atoms with E-state index in [-0.39, 0.29) is 10.6 Å². The molecule has 0 aliphatic heterocycles. The molecule has 1 aromatic rings. The maximum absolute atomic E-state index is 11.5. The zero-order chi connectivity index (χ0) is 12.1. The van der Waals surface area contributed by atoms with Crippen molar-refractivity contribution in [3.63, 3.8) is 0 Å². The number of rotatable bonds is 4. The quantitative estimate of drug-likeness (QED) is 0.796. The number of ether oxygens (including phenoxy) is 2. The minimum atomic E-state index is -0.487. The molecule has 1 aromatic carbocycles. The van der Waals surface area contributed by atoms with Gasteiger partial charge in [0.1, 0.15) is 5.75 Å². The fourth-order valence-electron chi connectivity index (χ4n) is 1.15. The highest BCUT2D eigenvalue weighted by molar-refractivity contribution is 9.10. The highest BCUT2D eigenvalue weighted by atomic mass is 79.9. The summed E-state index contributed by atoms with van der Waals surface area (Å²) in [4.78, 5) is 11.5. The Kier molecular flexibility index (Phi) is 5.09. The average Bonchev–Trinajstić information content (AvgIpc) is 2.28. The van der Waals surface area contributed by atoms with Crippen molar-refractivity contribution < 1.29 is 14.3 Å². The van der Waals surface area contributed by atoms with Gasteiger partial charge >= 0.3 is 5.97 Å². The van der Waals surface area contributed by atoms with Crippen molar-refractivity contribution in [2.24, 2.45) is 0 Å². The van der Waals surface area contributed by atoms with E-state index in [4.69, 9.17) is 16.3 Å². The van der Waals surface area contributed by atoms with Crippen molar-refractivity contribution in [3.05, 3.63) is 27.2 Å². The van der Waals surface area contributed by atoms with Crippen molar-refractivity contribution in [1.82, 2.24) is 0 Å². The minimum Gasteiger partial charge on any atom is -0.492 e. The number of hydrogen-bond donors (Lipinski definition) is 0. The van der Waals surface area contributed by atoms with Crippen LogP contribution in [0.4, 0.5) is 0 Å². The Morgan fingerprint density at radius 3 is 2.75 bits per heavy atom. The van der Waals surface area contributed by atoms with Crippen molar-refractivity contribution in [3.8, 4) is 5.75 Å². The highest BCUT2D eigenvalue weighted by Gasteiger charge is 2.18. The van der Waals surface area contributed by atoms with Gasteiger partial charge in [-0.05, 0) is 34.5 Å². The molecular formula is C11H12BrClO3. The summed E-state index contributed by atoms with van der Waals surface area (Å²) in [6.07, 6.45) is 0.875. The van der Waals surface area contributed by atoms with Gasteiger partial charge < -0.3 is 9.47 Å². The van der Waals surface area contributed by atoms with E-state index in [1.165, 1.54) is 7.11 Å². The SMILES string of the molecule is CCCOc1ccc(Br)c(C(=O)OC)c1Cl. The average molecular weight is 308 g/mol. The number of methoxy groups -OCH3 is 1. The first kappa shape index (κ1) is 13.3. The Balaban J connectivity index is 3.11. The van der Waals surface area contributed by atoms with Crippen LogP contribution in [0.2, 0.25) is 5.02 Å². The van der Waals surface area contributed by atoms with Crippen molar-refractivity contribution in [2.75, 3.05) is 13.7 Å². The van der Waals surface area contributed by atoms with E-state index in [1.54, 1.807) is 12.1 Å².